The van der Waals surface area contributed by atoms with Gasteiger partial charge in [0.15, 0.2) is 0 Å². The number of hydrogen-bond acceptors (Lipinski definition) is 6. The summed E-state index contributed by atoms with van der Waals surface area (Å²) in [5.41, 5.74) is 1.17. The van der Waals surface area contributed by atoms with E-state index in [1.807, 2.05) is 60.7 Å². The highest BCUT2D eigenvalue weighted by molar-refractivity contribution is 5.80. The lowest BCUT2D eigenvalue weighted by atomic mass is 9.85. The van der Waals surface area contributed by atoms with Crippen LogP contribution in [0.4, 0.5) is 11.5 Å². The van der Waals surface area contributed by atoms with Crippen molar-refractivity contribution in [2.75, 3.05) is 12.4 Å². The molecule has 0 amide bonds. The molecule has 2 aromatic carbocycles. The Hall–Kier alpha value is -3.94. The fourth-order valence-corrected chi connectivity index (χ4v) is 3.13. The van der Waals surface area contributed by atoms with Gasteiger partial charge >= 0.3 is 11.7 Å². The first-order valence-corrected chi connectivity index (χ1v) is 8.80. The van der Waals surface area contributed by atoms with E-state index >= 15 is 0 Å². The average Bonchev–Trinajstić information content (AvgIpc) is 2.74. The molecule has 8 heteroatoms. The summed E-state index contributed by atoms with van der Waals surface area (Å²) in [7, 11) is 1.38. The molecule has 29 heavy (non-hydrogen) atoms. The average molecular weight is 393 g/mol. The fourth-order valence-electron chi connectivity index (χ4n) is 3.13. The molecule has 0 spiro atoms. The highest BCUT2D eigenvalue weighted by Crippen LogP contribution is 2.33. The van der Waals surface area contributed by atoms with E-state index in [0.29, 0.717) is 0 Å². The van der Waals surface area contributed by atoms with Gasteiger partial charge in [-0.1, -0.05) is 60.7 Å². The van der Waals surface area contributed by atoms with Gasteiger partial charge in [0.25, 0.3) is 0 Å². The van der Waals surface area contributed by atoms with E-state index in [0.717, 1.165) is 11.1 Å². The number of carbonyl (C=O) groups is 1. The van der Waals surface area contributed by atoms with Crippen LogP contribution in [0.15, 0.2) is 72.8 Å². The summed E-state index contributed by atoms with van der Waals surface area (Å²) in [5.74, 6) is -1.80. The van der Waals surface area contributed by atoms with Crippen molar-refractivity contribution < 1.29 is 19.6 Å². The molecule has 1 aromatic heterocycles. The van der Waals surface area contributed by atoms with Crippen molar-refractivity contribution in [2.24, 2.45) is 0 Å². The molecule has 0 saturated heterocycles. The van der Waals surface area contributed by atoms with Crippen molar-refractivity contribution in [2.45, 2.75) is 12.0 Å². The zero-order valence-corrected chi connectivity index (χ0v) is 15.6. The van der Waals surface area contributed by atoms with Crippen LogP contribution in [-0.2, 0) is 4.79 Å². The molecule has 3 rings (SSSR count). The summed E-state index contributed by atoms with van der Waals surface area (Å²) in [5, 5.41) is 24.2. The number of hydrogen-bond donors (Lipinski definition) is 2. The Bertz CT molecular complexity index is 956. The van der Waals surface area contributed by atoms with Gasteiger partial charge in [-0.2, -0.15) is 4.98 Å². The first kappa shape index (κ1) is 19.8. The van der Waals surface area contributed by atoms with Crippen LogP contribution >= 0.6 is 0 Å². The lowest BCUT2D eigenvalue weighted by Gasteiger charge is -2.26. The maximum Gasteiger partial charge on any atom is 0.327 e. The lowest BCUT2D eigenvalue weighted by Crippen LogP contribution is -2.36. The maximum atomic E-state index is 12.2. The highest BCUT2D eigenvalue weighted by atomic mass is 16.6. The Morgan fingerprint density at radius 3 is 2.03 bits per heavy atom. The standard InChI is InChI=1S/C21H19N3O5/c1-29-17-13-12-16(24(27)28)20(22-17)23-19(21(25)26)18(14-8-4-2-5-9-14)15-10-6-3-7-11-15/h2-13,18-19H,1H3,(H,22,23)(H,25,26). The number of nitrogens with one attached hydrogen (secondary N) is 1. The van der Waals surface area contributed by atoms with Gasteiger partial charge in [0, 0.05) is 18.1 Å². The minimum atomic E-state index is -1.21. The summed E-state index contributed by atoms with van der Waals surface area (Å²) in [4.78, 5) is 27.1. The smallest absolute Gasteiger partial charge is 0.327 e. The third-order valence-electron chi connectivity index (χ3n) is 4.46. The van der Waals surface area contributed by atoms with Crippen molar-refractivity contribution >= 4 is 17.5 Å². The normalized spacial score (nSPS) is 11.7. The molecule has 0 bridgehead atoms. The van der Waals surface area contributed by atoms with Crippen molar-refractivity contribution in [3.05, 3.63) is 94.0 Å². The quantitative estimate of drug-likeness (QED) is 0.443. The Morgan fingerprint density at radius 2 is 1.59 bits per heavy atom. The van der Waals surface area contributed by atoms with E-state index in [4.69, 9.17) is 4.74 Å². The largest absolute Gasteiger partial charge is 0.481 e. The van der Waals surface area contributed by atoms with E-state index in [2.05, 4.69) is 10.3 Å². The monoisotopic (exact) mass is 393 g/mol. The number of aromatic nitrogens is 1. The number of ether oxygens (including phenoxy) is 1. The molecule has 0 saturated carbocycles. The summed E-state index contributed by atoms with van der Waals surface area (Å²) >= 11 is 0. The Kier molecular flexibility index (Phi) is 6.03. The van der Waals surface area contributed by atoms with Crippen molar-refractivity contribution in [3.63, 3.8) is 0 Å². The molecule has 0 radical (unpaired) electrons. The Balaban J connectivity index is 2.10. The van der Waals surface area contributed by atoms with E-state index in [1.54, 1.807) is 0 Å². The van der Waals surface area contributed by atoms with Crippen LogP contribution in [0.1, 0.15) is 17.0 Å². The summed E-state index contributed by atoms with van der Waals surface area (Å²) in [6.45, 7) is 0. The van der Waals surface area contributed by atoms with Crippen LogP contribution in [0.2, 0.25) is 0 Å². The molecule has 1 heterocycles. The van der Waals surface area contributed by atoms with Gasteiger partial charge in [0.05, 0.1) is 12.0 Å². The molecule has 3 aromatic rings. The first-order chi connectivity index (χ1) is 14.0. The number of carboxylic acids is 1. The second-order valence-corrected chi connectivity index (χ2v) is 6.24. The van der Waals surface area contributed by atoms with Gasteiger partial charge in [0.2, 0.25) is 11.7 Å². The number of aliphatic carboxylic acids is 1. The number of benzene rings is 2. The van der Waals surface area contributed by atoms with Gasteiger partial charge in [-0.25, -0.2) is 4.79 Å². The Labute approximate surface area is 166 Å². The van der Waals surface area contributed by atoms with Crippen LogP contribution in [0, 0.1) is 10.1 Å². The molecule has 0 aliphatic carbocycles. The van der Waals surface area contributed by atoms with Crippen LogP contribution in [-0.4, -0.2) is 34.1 Å². The molecule has 2 N–H and O–H groups in total. The van der Waals surface area contributed by atoms with E-state index < -0.39 is 22.9 Å². The third kappa shape index (κ3) is 4.49. The van der Waals surface area contributed by atoms with Crippen LogP contribution in [0.25, 0.3) is 0 Å². The molecule has 0 aliphatic heterocycles. The highest BCUT2D eigenvalue weighted by Gasteiger charge is 2.33. The summed E-state index contributed by atoms with van der Waals surface area (Å²) < 4.78 is 5.04. The van der Waals surface area contributed by atoms with Gasteiger partial charge in [-0.15, -0.1) is 0 Å². The zero-order valence-electron chi connectivity index (χ0n) is 15.6. The van der Waals surface area contributed by atoms with E-state index in [9.17, 15) is 20.0 Å². The molecule has 0 aliphatic rings. The zero-order chi connectivity index (χ0) is 20.8. The first-order valence-electron chi connectivity index (χ1n) is 8.80. The maximum absolute atomic E-state index is 12.2. The molecule has 148 valence electrons. The third-order valence-corrected chi connectivity index (χ3v) is 4.46. The second-order valence-electron chi connectivity index (χ2n) is 6.24. The fraction of sp³-hybridized carbons (Fsp3) is 0.143. The number of nitro groups is 1. The van der Waals surface area contributed by atoms with Gasteiger partial charge < -0.3 is 15.2 Å². The second kappa shape index (κ2) is 8.83. The number of anilines is 1. The lowest BCUT2D eigenvalue weighted by molar-refractivity contribution is -0.384. The number of pyridine rings is 1. The molecular formula is C21H19N3O5. The molecule has 1 unspecified atom stereocenters. The van der Waals surface area contributed by atoms with Gasteiger partial charge in [-0.05, 0) is 11.1 Å². The van der Waals surface area contributed by atoms with Crippen molar-refractivity contribution in [1.29, 1.82) is 0 Å². The van der Waals surface area contributed by atoms with Crippen molar-refractivity contribution in [3.8, 4) is 5.88 Å². The summed E-state index contributed by atoms with van der Waals surface area (Å²) in [6.07, 6.45) is 0. The van der Waals surface area contributed by atoms with Crippen molar-refractivity contribution in [1.82, 2.24) is 4.98 Å². The Morgan fingerprint density at radius 1 is 1.03 bits per heavy atom. The topological polar surface area (TPSA) is 115 Å². The van der Waals surface area contributed by atoms with Crippen LogP contribution in [0.3, 0.4) is 0 Å². The number of nitrogens with zero attached hydrogens (tertiary/aromatic N) is 2. The molecule has 8 nitrogen and oxygen atoms in total. The predicted octanol–water partition coefficient (Wildman–Crippen LogP) is 3.70. The van der Waals surface area contributed by atoms with Crippen LogP contribution < -0.4 is 10.1 Å². The minimum absolute atomic E-state index is 0.137. The molecule has 1 atom stereocenters. The van der Waals surface area contributed by atoms with Crippen LogP contribution in [0.5, 0.6) is 5.88 Å². The SMILES string of the molecule is COc1ccc([N+](=O)[O-])c(NC(C(=O)O)C(c2ccccc2)c2ccccc2)n1. The molecular weight excluding hydrogens is 374 g/mol. The van der Waals surface area contributed by atoms with Gasteiger partial charge in [0.1, 0.15) is 6.04 Å². The summed E-state index contributed by atoms with van der Waals surface area (Å²) in [6, 6.07) is 19.6. The minimum Gasteiger partial charge on any atom is -0.481 e. The number of carboxylic acid groups (broad SMARTS) is 1. The molecule has 0 fully saturated rings. The predicted molar refractivity (Wildman–Crippen MR) is 107 cm³/mol. The number of rotatable bonds is 8. The van der Waals surface area contributed by atoms with E-state index in [1.165, 1.54) is 19.2 Å². The van der Waals surface area contributed by atoms with E-state index in [-0.39, 0.29) is 17.4 Å². The number of methoxy groups -OCH3 is 1. The van der Waals surface area contributed by atoms with Gasteiger partial charge in [-0.3, -0.25) is 10.1 Å².